The van der Waals surface area contributed by atoms with Crippen molar-refractivity contribution in [1.82, 2.24) is 0 Å². The zero-order chi connectivity index (χ0) is 13.1. The Morgan fingerprint density at radius 1 is 1.44 bits per heavy atom. The van der Waals surface area contributed by atoms with Crippen molar-refractivity contribution >= 4 is 34.5 Å². The zero-order valence-electron chi connectivity index (χ0n) is 9.44. The smallest absolute Gasteiger partial charge is 0.265 e. The molecule has 0 bridgehead atoms. The number of halogens is 1. The number of ether oxygens (including phenoxy) is 1. The number of anilines is 1. The van der Waals surface area contributed by atoms with Crippen LogP contribution in [0.5, 0.6) is 11.5 Å². The number of carbonyl (C=O) groups excluding carboxylic acids is 1. The average Bonchev–Trinajstić information content (AvgIpc) is 2.81. The molecule has 2 aromatic rings. The predicted octanol–water partition coefficient (Wildman–Crippen LogP) is 3.37. The lowest BCUT2D eigenvalue weighted by molar-refractivity contribution is 0.103. The van der Waals surface area contributed by atoms with Crippen LogP contribution in [0.1, 0.15) is 9.67 Å². The average molecular weight is 284 g/mol. The second kappa shape index (κ2) is 5.29. The molecule has 1 amide bonds. The van der Waals surface area contributed by atoms with Crippen LogP contribution in [-0.4, -0.2) is 18.1 Å². The maximum Gasteiger partial charge on any atom is 0.265 e. The molecular weight excluding hydrogens is 274 g/mol. The van der Waals surface area contributed by atoms with Gasteiger partial charge in [-0.2, -0.15) is 0 Å². The first-order chi connectivity index (χ1) is 8.60. The molecule has 0 aliphatic rings. The van der Waals surface area contributed by atoms with Gasteiger partial charge in [0.25, 0.3) is 5.91 Å². The summed E-state index contributed by atoms with van der Waals surface area (Å²) in [5.74, 6) is 0.425. The van der Waals surface area contributed by atoms with Gasteiger partial charge in [-0.15, -0.1) is 11.3 Å². The molecule has 0 fully saturated rings. The lowest BCUT2D eigenvalue weighted by atomic mass is 10.3. The van der Waals surface area contributed by atoms with Crippen LogP contribution in [0, 0.1) is 0 Å². The lowest BCUT2D eigenvalue weighted by Crippen LogP contribution is -2.10. The van der Waals surface area contributed by atoms with Gasteiger partial charge in [0.1, 0.15) is 11.5 Å². The molecule has 4 nitrogen and oxygen atoms in total. The Hall–Kier alpha value is -1.72. The molecule has 0 saturated carbocycles. The van der Waals surface area contributed by atoms with E-state index < -0.39 is 0 Å². The Morgan fingerprint density at radius 2 is 2.22 bits per heavy atom. The molecule has 0 aliphatic carbocycles. The molecule has 0 radical (unpaired) electrons. The highest BCUT2D eigenvalue weighted by Gasteiger charge is 2.11. The van der Waals surface area contributed by atoms with Gasteiger partial charge in [0.05, 0.1) is 22.7 Å². The zero-order valence-corrected chi connectivity index (χ0v) is 11.0. The van der Waals surface area contributed by atoms with E-state index in [0.717, 1.165) is 0 Å². The number of phenolic OH excluding ortho intramolecular Hbond substituents is 1. The largest absolute Gasteiger partial charge is 0.508 e. The van der Waals surface area contributed by atoms with Crippen molar-refractivity contribution in [3.05, 3.63) is 39.5 Å². The van der Waals surface area contributed by atoms with E-state index in [2.05, 4.69) is 5.32 Å². The molecule has 0 spiro atoms. The summed E-state index contributed by atoms with van der Waals surface area (Å²) < 4.78 is 5.01. The van der Waals surface area contributed by atoms with Crippen LogP contribution in [0.15, 0.2) is 29.6 Å². The minimum absolute atomic E-state index is 0.0517. The van der Waals surface area contributed by atoms with E-state index in [1.807, 2.05) is 0 Å². The molecule has 1 heterocycles. The van der Waals surface area contributed by atoms with Gasteiger partial charge in [-0.3, -0.25) is 4.79 Å². The fraction of sp³-hybridized carbons (Fsp3) is 0.0833. The van der Waals surface area contributed by atoms with Gasteiger partial charge in [-0.05, 0) is 12.1 Å². The minimum Gasteiger partial charge on any atom is -0.508 e. The maximum atomic E-state index is 11.9. The number of methoxy groups -OCH3 is 1. The minimum atomic E-state index is -0.268. The number of benzene rings is 1. The van der Waals surface area contributed by atoms with Crippen LogP contribution < -0.4 is 10.1 Å². The van der Waals surface area contributed by atoms with Crippen molar-refractivity contribution < 1.29 is 14.6 Å². The van der Waals surface area contributed by atoms with E-state index in [4.69, 9.17) is 16.3 Å². The van der Waals surface area contributed by atoms with Crippen molar-refractivity contribution in [2.75, 3.05) is 12.4 Å². The maximum absolute atomic E-state index is 11.9. The third-order valence-corrected chi connectivity index (χ3v) is 3.46. The molecule has 2 rings (SSSR count). The number of amides is 1. The van der Waals surface area contributed by atoms with Crippen LogP contribution in [-0.2, 0) is 0 Å². The number of thiophene rings is 1. The molecule has 2 N–H and O–H groups in total. The number of rotatable bonds is 3. The summed E-state index contributed by atoms with van der Waals surface area (Å²) in [4.78, 5) is 12.4. The van der Waals surface area contributed by atoms with Crippen LogP contribution in [0.3, 0.4) is 0 Å². The number of hydrogen-bond acceptors (Lipinski definition) is 4. The highest BCUT2D eigenvalue weighted by molar-refractivity contribution is 7.12. The number of phenols is 1. The number of carbonyl (C=O) groups is 1. The fourth-order valence-corrected chi connectivity index (χ4v) is 2.31. The first-order valence-corrected chi connectivity index (χ1v) is 6.28. The molecular formula is C12H10ClNO3S. The second-order valence-corrected chi connectivity index (χ2v) is 4.79. The third-order valence-electron chi connectivity index (χ3n) is 2.24. The van der Waals surface area contributed by atoms with E-state index in [0.29, 0.717) is 16.3 Å². The predicted molar refractivity (Wildman–Crippen MR) is 71.9 cm³/mol. The molecule has 1 aromatic heterocycles. The van der Waals surface area contributed by atoms with Crippen molar-refractivity contribution in [3.63, 3.8) is 0 Å². The molecule has 0 saturated heterocycles. The number of nitrogens with one attached hydrogen (secondary N) is 1. The van der Waals surface area contributed by atoms with Crippen molar-refractivity contribution in [2.24, 2.45) is 0 Å². The van der Waals surface area contributed by atoms with Gasteiger partial charge in [0.15, 0.2) is 0 Å². The Bertz CT molecular complexity index is 582. The number of hydrogen-bond donors (Lipinski definition) is 2. The van der Waals surface area contributed by atoms with Crippen LogP contribution in [0.2, 0.25) is 5.02 Å². The SMILES string of the molecule is COc1csc(C(=O)Nc2ccc(O)cc2Cl)c1. The quantitative estimate of drug-likeness (QED) is 0.849. The summed E-state index contributed by atoms with van der Waals surface area (Å²) >= 11 is 7.18. The van der Waals surface area contributed by atoms with Crippen molar-refractivity contribution in [3.8, 4) is 11.5 Å². The molecule has 6 heteroatoms. The van der Waals surface area contributed by atoms with Gasteiger partial charge in [-0.1, -0.05) is 11.6 Å². The summed E-state index contributed by atoms with van der Waals surface area (Å²) in [6, 6.07) is 6.01. The van der Waals surface area contributed by atoms with E-state index in [1.165, 1.54) is 23.5 Å². The first-order valence-electron chi connectivity index (χ1n) is 5.02. The third kappa shape index (κ3) is 2.75. The molecule has 0 atom stereocenters. The van der Waals surface area contributed by atoms with Gasteiger partial charge >= 0.3 is 0 Å². The topological polar surface area (TPSA) is 58.6 Å². The van der Waals surface area contributed by atoms with Crippen LogP contribution in [0.25, 0.3) is 0 Å². The molecule has 1 aromatic carbocycles. The van der Waals surface area contributed by atoms with E-state index in [9.17, 15) is 9.90 Å². The summed E-state index contributed by atoms with van der Waals surface area (Å²) in [5, 5.41) is 13.9. The first kappa shape index (κ1) is 12.7. The molecule has 0 aliphatic heterocycles. The molecule has 0 unspecified atom stereocenters. The van der Waals surface area contributed by atoms with Gasteiger partial charge in [0.2, 0.25) is 0 Å². The highest BCUT2D eigenvalue weighted by atomic mass is 35.5. The van der Waals surface area contributed by atoms with Crippen LogP contribution in [0.4, 0.5) is 5.69 Å². The van der Waals surface area contributed by atoms with Gasteiger partial charge in [0, 0.05) is 17.5 Å². The van der Waals surface area contributed by atoms with Crippen molar-refractivity contribution in [2.45, 2.75) is 0 Å². The van der Waals surface area contributed by atoms with Gasteiger partial charge < -0.3 is 15.2 Å². The van der Waals surface area contributed by atoms with E-state index in [-0.39, 0.29) is 16.7 Å². The second-order valence-electron chi connectivity index (χ2n) is 3.47. The molecule has 94 valence electrons. The Morgan fingerprint density at radius 3 is 2.83 bits per heavy atom. The highest BCUT2D eigenvalue weighted by Crippen LogP contribution is 2.27. The van der Waals surface area contributed by atoms with Gasteiger partial charge in [-0.25, -0.2) is 0 Å². The monoisotopic (exact) mass is 283 g/mol. The summed E-state index contributed by atoms with van der Waals surface area (Å²) in [6.07, 6.45) is 0. The normalized spacial score (nSPS) is 10.1. The summed E-state index contributed by atoms with van der Waals surface area (Å²) in [5.41, 5.74) is 0.451. The lowest BCUT2D eigenvalue weighted by Gasteiger charge is -2.05. The fourth-order valence-electron chi connectivity index (χ4n) is 1.33. The summed E-state index contributed by atoms with van der Waals surface area (Å²) in [7, 11) is 1.54. The summed E-state index contributed by atoms with van der Waals surface area (Å²) in [6.45, 7) is 0. The standard InChI is InChI=1S/C12H10ClNO3S/c1-17-8-5-11(18-6-8)12(16)14-10-3-2-7(15)4-9(10)13/h2-6,15H,1H3,(H,14,16). The van der Waals surface area contributed by atoms with Crippen molar-refractivity contribution in [1.29, 1.82) is 0 Å². The van der Waals surface area contributed by atoms with E-state index >= 15 is 0 Å². The Kier molecular flexibility index (Phi) is 3.74. The number of aromatic hydroxyl groups is 1. The van der Waals surface area contributed by atoms with E-state index in [1.54, 1.807) is 24.6 Å². The Labute approximate surface area is 113 Å². The molecule has 18 heavy (non-hydrogen) atoms. The van der Waals surface area contributed by atoms with Crippen LogP contribution >= 0.6 is 22.9 Å². The Balaban J connectivity index is 2.16.